The van der Waals surface area contributed by atoms with E-state index in [0.717, 1.165) is 11.1 Å². The second kappa shape index (κ2) is 7.23. The first kappa shape index (κ1) is 18.4. The highest BCUT2D eigenvalue weighted by Gasteiger charge is 2.20. The Hall–Kier alpha value is -3.94. The maximum absolute atomic E-state index is 12.9. The smallest absolute Gasteiger partial charge is 0.286 e. The maximum Gasteiger partial charge on any atom is 0.286 e. The van der Waals surface area contributed by atoms with E-state index in [4.69, 9.17) is 4.52 Å². The number of carbonyl (C=O) groups excluding carboxylic acids is 2. The minimum atomic E-state index is -0.486. The predicted octanol–water partition coefficient (Wildman–Crippen LogP) is 2.92. The summed E-state index contributed by atoms with van der Waals surface area (Å²) in [4.78, 5) is 29.6. The average molecular weight is 389 g/mol. The number of carbonyl (C=O) groups is 2. The van der Waals surface area contributed by atoms with Crippen molar-refractivity contribution < 1.29 is 14.1 Å². The fourth-order valence-electron chi connectivity index (χ4n) is 3.09. The van der Waals surface area contributed by atoms with Gasteiger partial charge in [-0.25, -0.2) is 4.98 Å². The topological polar surface area (TPSA) is 102 Å². The third-order valence-corrected chi connectivity index (χ3v) is 4.68. The van der Waals surface area contributed by atoms with Crippen molar-refractivity contribution in [3.05, 3.63) is 71.2 Å². The van der Waals surface area contributed by atoms with Crippen molar-refractivity contribution in [2.24, 2.45) is 7.05 Å². The molecule has 0 aliphatic rings. The third-order valence-electron chi connectivity index (χ3n) is 4.68. The van der Waals surface area contributed by atoms with Crippen LogP contribution in [0.1, 0.15) is 32.1 Å². The quantitative estimate of drug-likeness (QED) is 0.525. The highest BCUT2D eigenvalue weighted by Crippen LogP contribution is 2.27. The number of hydrogen-bond donors (Lipinski definition) is 2. The molecule has 0 radical (unpaired) electrons. The minimum absolute atomic E-state index is 0.263. The molecule has 1 aromatic carbocycles. The molecule has 3 heterocycles. The lowest BCUT2D eigenvalue weighted by molar-refractivity contribution is 0.0843. The Kier molecular flexibility index (Phi) is 4.59. The zero-order valence-corrected chi connectivity index (χ0v) is 16.2. The van der Waals surface area contributed by atoms with Gasteiger partial charge in [0.15, 0.2) is 0 Å². The maximum atomic E-state index is 12.9. The molecule has 8 nitrogen and oxygen atoms in total. The molecule has 0 saturated carbocycles. The number of aromatic nitrogens is 3. The summed E-state index contributed by atoms with van der Waals surface area (Å²) in [5.74, 6) is -0.906. The Labute approximate surface area is 166 Å². The lowest BCUT2D eigenvalue weighted by Gasteiger charge is -2.10. The zero-order valence-electron chi connectivity index (χ0n) is 16.2. The average Bonchev–Trinajstić information content (AvgIpc) is 3.31. The van der Waals surface area contributed by atoms with Gasteiger partial charge in [0.05, 0.1) is 22.3 Å². The summed E-state index contributed by atoms with van der Waals surface area (Å²) < 4.78 is 6.95. The minimum Gasteiger partial charge on any atom is -0.347 e. The second-order valence-corrected chi connectivity index (χ2v) is 6.78. The number of amides is 2. The van der Waals surface area contributed by atoms with Crippen molar-refractivity contribution in [1.29, 1.82) is 0 Å². The normalized spacial score (nSPS) is 10.9. The molecule has 0 aliphatic carbocycles. The van der Waals surface area contributed by atoms with Crippen molar-refractivity contribution in [2.75, 3.05) is 0 Å². The number of nitrogens with zero attached hydrogens (tertiary/aromatic N) is 3. The van der Waals surface area contributed by atoms with Gasteiger partial charge in [-0.05, 0) is 32.0 Å². The van der Waals surface area contributed by atoms with Crippen molar-refractivity contribution >= 4 is 22.9 Å². The Morgan fingerprint density at radius 2 is 1.76 bits per heavy atom. The van der Waals surface area contributed by atoms with Crippen LogP contribution in [-0.2, 0) is 7.05 Å². The van der Waals surface area contributed by atoms with Crippen LogP contribution < -0.4 is 10.9 Å². The van der Waals surface area contributed by atoms with Crippen molar-refractivity contribution in [3.63, 3.8) is 0 Å². The van der Waals surface area contributed by atoms with Crippen molar-refractivity contribution in [1.82, 2.24) is 25.6 Å². The molecule has 0 fully saturated rings. The van der Waals surface area contributed by atoms with Gasteiger partial charge in [-0.3, -0.25) is 20.4 Å². The van der Waals surface area contributed by atoms with E-state index in [1.807, 2.05) is 31.2 Å². The molecule has 3 aromatic heterocycles. The Bertz CT molecular complexity index is 1220. The van der Waals surface area contributed by atoms with Crippen molar-refractivity contribution in [3.8, 4) is 11.3 Å². The number of pyridine rings is 1. The summed E-state index contributed by atoms with van der Waals surface area (Å²) in [5, 5.41) is 4.43. The molecule has 4 rings (SSSR count). The zero-order chi connectivity index (χ0) is 20.5. The molecular weight excluding hydrogens is 370 g/mol. The summed E-state index contributed by atoms with van der Waals surface area (Å²) in [5.41, 5.74) is 8.98. The van der Waals surface area contributed by atoms with E-state index in [0.29, 0.717) is 28.0 Å². The van der Waals surface area contributed by atoms with Gasteiger partial charge in [-0.15, -0.1) is 0 Å². The Balaban J connectivity index is 1.67. The largest absolute Gasteiger partial charge is 0.347 e. The van der Waals surface area contributed by atoms with Crippen LogP contribution in [0.5, 0.6) is 0 Å². The van der Waals surface area contributed by atoms with Gasteiger partial charge in [-0.2, -0.15) is 0 Å². The van der Waals surface area contributed by atoms with E-state index in [1.54, 1.807) is 42.9 Å². The number of rotatable bonds is 3. The molecule has 0 bridgehead atoms. The van der Waals surface area contributed by atoms with E-state index in [2.05, 4.69) is 21.0 Å². The van der Waals surface area contributed by atoms with E-state index >= 15 is 0 Å². The fourth-order valence-corrected chi connectivity index (χ4v) is 3.09. The van der Waals surface area contributed by atoms with Crippen LogP contribution in [-0.4, -0.2) is 26.5 Å². The van der Waals surface area contributed by atoms with Gasteiger partial charge in [0.2, 0.25) is 0 Å². The van der Waals surface area contributed by atoms with E-state index < -0.39 is 11.8 Å². The molecule has 0 aliphatic heterocycles. The molecule has 0 saturated heterocycles. The first-order valence-electron chi connectivity index (χ1n) is 9.00. The summed E-state index contributed by atoms with van der Waals surface area (Å²) in [6, 6.07) is 12.8. The number of fused-ring (bicyclic) bond motifs is 1. The number of nitrogens with one attached hydrogen (secondary N) is 2. The Morgan fingerprint density at radius 3 is 2.45 bits per heavy atom. The summed E-state index contributed by atoms with van der Waals surface area (Å²) in [7, 11) is 1.75. The molecule has 0 unspecified atom stereocenters. The molecule has 2 amide bonds. The lowest BCUT2D eigenvalue weighted by atomic mass is 10.0. The summed E-state index contributed by atoms with van der Waals surface area (Å²) in [6.07, 6.45) is 1.75. The number of aryl methyl sites for hydroxylation is 3. The van der Waals surface area contributed by atoms with Crippen LogP contribution in [0.2, 0.25) is 0 Å². The van der Waals surface area contributed by atoms with Gasteiger partial charge in [0.1, 0.15) is 5.69 Å². The van der Waals surface area contributed by atoms with Gasteiger partial charge in [-0.1, -0.05) is 35.0 Å². The first-order valence-corrected chi connectivity index (χ1v) is 9.00. The Morgan fingerprint density at radius 1 is 1.03 bits per heavy atom. The molecule has 29 heavy (non-hydrogen) atoms. The van der Waals surface area contributed by atoms with Crippen LogP contribution in [0.3, 0.4) is 0 Å². The highest BCUT2D eigenvalue weighted by atomic mass is 16.5. The predicted molar refractivity (Wildman–Crippen MR) is 107 cm³/mol. The molecular formula is C21H19N5O3. The number of hydrazine groups is 1. The monoisotopic (exact) mass is 389 g/mol. The van der Waals surface area contributed by atoms with E-state index in [9.17, 15) is 9.59 Å². The summed E-state index contributed by atoms with van der Waals surface area (Å²) in [6.45, 7) is 3.73. The van der Waals surface area contributed by atoms with E-state index in [1.165, 1.54) is 0 Å². The van der Waals surface area contributed by atoms with Gasteiger partial charge < -0.3 is 9.09 Å². The first-order chi connectivity index (χ1) is 13.9. The van der Waals surface area contributed by atoms with Crippen LogP contribution >= 0.6 is 0 Å². The SMILES string of the molecule is Cc1ccc(-c2cc(C(=O)NNC(=O)c3cccn3C)c3c(C)noc3n2)cc1. The molecule has 8 heteroatoms. The van der Waals surface area contributed by atoms with Gasteiger partial charge in [0.25, 0.3) is 17.5 Å². The summed E-state index contributed by atoms with van der Waals surface area (Å²) >= 11 is 0. The standard InChI is InChI=1S/C21H19N5O3/c1-12-6-8-14(9-7-12)16-11-15(18-13(2)25-29-21(18)22-16)19(27)23-24-20(28)17-5-4-10-26(17)3/h4-11H,1-3H3,(H,23,27)(H,24,28). The van der Waals surface area contributed by atoms with Crippen LogP contribution in [0, 0.1) is 13.8 Å². The van der Waals surface area contributed by atoms with Gasteiger partial charge >= 0.3 is 0 Å². The highest BCUT2D eigenvalue weighted by molar-refractivity contribution is 6.07. The molecule has 2 N–H and O–H groups in total. The van der Waals surface area contributed by atoms with Crippen LogP contribution in [0.25, 0.3) is 22.4 Å². The van der Waals surface area contributed by atoms with Crippen molar-refractivity contribution in [2.45, 2.75) is 13.8 Å². The van der Waals surface area contributed by atoms with Crippen LogP contribution in [0.15, 0.2) is 53.2 Å². The third kappa shape index (κ3) is 3.47. The molecule has 4 aromatic rings. The lowest BCUT2D eigenvalue weighted by Crippen LogP contribution is -2.42. The number of benzene rings is 1. The number of hydrogen-bond acceptors (Lipinski definition) is 5. The van der Waals surface area contributed by atoms with Crippen LogP contribution in [0.4, 0.5) is 0 Å². The van der Waals surface area contributed by atoms with E-state index in [-0.39, 0.29) is 5.71 Å². The molecule has 0 spiro atoms. The van der Waals surface area contributed by atoms with Gasteiger partial charge in [0, 0.05) is 18.8 Å². The fraction of sp³-hybridized carbons (Fsp3) is 0.143. The second-order valence-electron chi connectivity index (χ2n) is 6.78. The molecule has 0 atom stereocenters. The molecule has 146 valence electrons.